The zero-order chi connectivity index (χ0) is 16.5. The molecular weight excluding hydrogens is 305 g/mol. The number of nitrogens with zero attached hydrogens (tertiary/aromatic N) is 1. The lowest BCUT2D eigenvalue weighted by Gasteiger charge is -2.27. The fourth-order valence-corrected chi connectivity index (χ4v) is 3.95. The Labute approximate surface area is 140 Å². The van der Waals surface area contributed by atoms with Gasteiger partial charge in [0.2, 0.25) is 0 Å². The van der Waals surface area contributed by atoms with Crippen LogP contribution in [0.25, 0.3) is 21.8 Å². The molecule has 3 nitrogen and oxygen atoms in total. The molecule has 1 heterocycles. The van der Waals surface area contributed by atoms with E-state index in [4.69, 9.17) is 9.78 Å². The molecule has 1 aliphatic carbocycles. The second-order valence-corrected chi connectivity index (χ2v) is 6.57. The Morgan fingerprint density at radius 2 is 1.75 bits per heavy atom. The van der Waals surface area contributed by atoms with Gasteiger partial charge in [0.05, 0.1) is 7.11 Å². The van der Waals surface area contributed by atoms with Gasteiger partial charge in [0, 0.05) is 27.8 Å². The largest absolute Gasteiger partial charge is 0.337 e. The minimum atomic E-state index is -0.639. The van der Waals surface area contributed by atoms with Crippen molar-refractivity contribution < 1.29 is 14.2 Å². The molecule has 1 aliphatic rings. The van der Waals surface area contributed by atoms with Crippen molar-refractivity contribution in [3.63, 3.8) is 0 Å². The summed E-state index contributed by atoms with van der Waals surface area (Å²) >= 11 is 0. The van der Waals surface area contributed by atoms with E-state index in [9.17, 15) is 4.39 Å². The molecule has 0 unspecified atom stereocenters. The maximum absolute atomic E-state index is 13.6. The molecule has 1 fully saturated rings. The molecule has 2 aromatic carbocycles. The first-order valence-electron chi connectivity index (χ1n) is 8.59. The second-order valence-electron chi connectivity index (χ2n) is 6.57. The molecule has 0 amide bonds. The fourth-order valence-electron chi connectivity index (χ4n) is 3.95. The first kappa shape index (κ1) is 15.6. The van der Waals surface area contributed by atoms with Crippen LogP contribution in [-0.2, 0) is 16.4 Å². The average molecular weight is 327 g/mol. The third-order valence-electron chi connectivity index (χ3n) is 5.11. The summed E-state index contributed by atoms with van der Waals surface area (Å²) in [5, 5.41) is 2.50. The summed E-state index contributed by atoms with van der Waals surface area (Å²) in [5.74, 6) is 0. The fraction of sp³-hybridized carbons (Fsp3) is 0.400. The summed E-state index contributed by atoms with van der Waals surface area (Å²) < 4.78 is 16.0. The van der Waals surface area contributed by atoms with Crippen LogP contribution in [0, 0.1) is 0 Å². The van der Waals surface area contributed by atoms with Crippen LogP contribution in [0.1, 0.15) is 37.3 Å². The highest BCUT2D eigenvalue weighted by Gasteiger charge is 2.24. The molecule has 0 spiro atoms. The van der Waals surface area contributed by atoms with Gasteiger partial charge in [0.1, 0.15) is 12.8 Å². The van der Waals surface area contributed by atoms with Crippen LogP contribution in [0.15, 0.2) is 42.5 Å². The van der Waals surface area contributed by atoms with Crippen molar-refractivity contribution in [2.45, 2.75) is 44.5 Å². The van der Waals surface area contributed by atoms with Gasteiger partial charge >= 0.3 is 0 Å². The Kier molecular flexibility index (Phi) is 4.25. The van der Waals surface area contributed by atoms with E-state index in [1.165, 1.54) is 28.9 Å². The zero-order valence-corrected chi connectivity index (χ0v) is 13.9. The van der Waals surface area contributed by atoms with E-state index in [1.807, 2.05) is 0 Å². The summed E-state index contributed by atoms with van der Waals surface area (Å²) in [7, 11) is 1.52. The van der Waals surface area contributed by atoms with Crippen LogP contribution >= 0.6 is 0 Å². The van der Waals surface area contributed by atoms with Gasteiger partial charge in [-0.25, -0.2) is 14.2 Å². The number of fused-ring (bicyclic) bond motifs is 3. The van der Waals surface area contributed by atoms with Crippen molar-refractivity contribution >= 4 is 21.8 Å². The molecule has 0 radical (unpaired) electrons. The van der Waals surface area contributed by atoms with Crippen LogP contribution in [-0.4, -0.2) is 17.8 Å². The summed E-state index contributed by atoms with van der Waals surface area (Å²) in [6, 6.07) is 15.3. The number of hydrogen-bond acceptors (Lipinski definition) is 2. The van der Waals surface area contributed by atoms with Gasteiger partial charge in [0.15, 0.2) is 0 Å². The second kappa shape index (κ2) is 6.54. The first-order valence-corrected chi connectivity index (χ1v) is 8.59. The van der Waals surface area contributed by atoms with Crippen molar-refractivity contribution in [1.29, 1.82) is 0 Å². The molecule has 126 valence electrons. The average Bonchev–Trinajstić information content (AvgIpc) is 2.94. The summed E-state index contributed by atoms with van der Waals surface area (Å²) in [6.07, 6.45) is 2.47. The molecule has 0 saturated heterocycles. The number of aromatic nitrogens is 1. The monoisotopic (exact) mass is 327 g/mol. The topological polar surface area (TPSA) is 23.4 Å². The normalized spacial score (nSPS) is 21.6. The van der Waals surface area contributed by atoms with Gasteiger partial charge in [-0.2, -0.15) is 0 Å². The van der Waals surface area contributed by atoms with Crippen molar-refractivity contribution in [1.82, 2.24) is 4.57 Å². The first-order chi connectivity index (χ1) is 11.8. The lowest BCUT2D eigenvalue weighted by molar-refractivity contribution is -0.282. The number of hydrogen-bond donors (Lipinski definition) is 0. The van der Waals surface area contributed by atoms with E-state index in [0.717, 1.165) is 18.4 Å². The molecule has 0 atom stereocenters. The van der Waals surface area contributed by atoms with Crippen molar-refractivity contribution in [3.05, 3.63) is 48.0 Å². The van der Waals surface area contributed by atoms with Gasteiger partial charge < -0.3 is 4.57 Å². The molecule has 3 aromatic rings. The van der Waals surface area contributed by atoms with Gasteiger partial charge in [-0.05, 0) is 43.4 Å². The Morgan fingerprint density at radius 1 is 1.00 bits per heavy atom. The predicted molar refractivity (Wildman–Crippen MR) is 93.6 cm³/mol. The molecule has 4 rings (SSSR count). The van der Waals surface area contributed by atoms with E-state index in [2.05, 4.69) is 47.0 Å². The number of halogens is 1. The molecular formula is C20H22FNO2. The van der Waals surface area contributed by atoms with Crippen molar-refractivity contribution in [2.24, 2.45) is 0 Å². The molecule has 0 bridgehead atoms. The molecule has 1 aromatic heterocycles. The van der Waals surface area contributed by atoms with Crippen LogP contribution in [0.3, 0.4) is 0 Å². The lowest BCUT2D eigenvalue weighted by Crippen LogP contribution is -2.18. The van der Waals surface area contributed by atoms with Gasteiger partial charge in [-0.1, -0.05) is 30.3 Å². The standard InChI is InChI=1S/C20H22FNO2/c1-23-24-13-14-6-11-18-17-4-2-3-5-19(17)22(20(18)12-14)16-9-7-15(21)8-10-16/h2-6,11-12,15-16H,7-10,13H2,1H3. The minimum Gasteiger partial charge on any atom is -0.337 e. The van der Waals surface area contributed by atoms with E-state index in [0.29, 0.717) is 25.5 Å². The highest BCUT2D eigenvalue weighted by molar-refractivity contribution is 6.08. The molecule has 4 heteroatoms. The SMILES string of the molecule is COOCc1ccc2c3ccccc3n(C3CCC(F)CC3)c2c1. The lowest BCUT2D eigenvalue weighted by atomic mass is 9.93. The number of rotatable bonds is 4. The van der Waals surface area contributed by atoms with E-state index in [-0.39, 0.29) is 0 Å². The number of benzene rings is 2. The summed E-state index contributed by atoms with van der Waals surface area (Å²) in [6.45, 7) is 0.422. The maximum atomic E-state index is 13.6. The van der Waals surface area contributed by atoms with Crippen molar-refractivity contribution in [2.75, 3.05) is 7.11 Å². The molecule has 1 saturated carbocycles. The predicted octanol–water partition coefficient (Wildman–Crippen LogP) is 5.33. The Hall–Kier alpha value is -1.91. The molecule has 0 aliphatic heterocycles. The quantitative estimate of drug-likeness (QED) is 0.478. The van der Waals surface area contributed by atoms with E-state index in [1.54, 1.807) is 0 Å². The van der Waals surface area contributed by atoms with Gasteiger partial charge in [0.25, 0.3) is 0 Å². The number of alkyl halides is 1. The summed E-state index contributed by atoms with van der Waals surface area (Å²) in [5.41, 5.74) is 3.52. The van der Waals surface area contributed by atoms with Gasteiger partial charge in [-0.15, -0.1) is 0 Å². The van der Waals surface area contributed by atoms with Crippen LogP contribution in [0.4, 0.5) is 4.39 Å². The Balaban J connectivity index is 1.86. The Morgan fingerprint density at radius 3 is 2.54 bits per heavy atom. The Bertz CT molecular complexity index is 849. The maximum Gasteiger partial charge on any atom is 0.107 e. The molecule has 24 heavy (non-hydrogen) atoms. The molecule has 0 N–H and O–H groups in total. The highest BCUT2D eigenvalue weighted by atomic mass is 19.1. The highest BCUT2D eigenvalue weighted by Crippen LogP contribution is 2.38. The summed E-state index contributed by atoms with van der Waals surface area (Å²) in [4.78, 5) is 9.81. The van der Waals surface area contributed by atoms with E-state index < -0.39 is 6.17 Å². The third kappa shape index (κ3) is 2.70. The zero-order valence-electron chi connectivity index (χ0n) is 13.9. The number of para-hydroxylation sites is 1. The van der Waals surface area contributed by atoms with E-state index >= 15 is 0 Å². The van der Waals surface area contributed by atoms with Crippen LogP contribution in [0.2, 0.25) is 0 Å². The van der Waals surface area contributed by atoms with Gasteiger partial charge in [-0.3, -0.25) is 0 Å². The van der Waals surface area contributed by atoms with Crippen molar-refractivity contribution in [3.8, 4) is 0 Å². The van der Waals surface area contributed by atoms with Crippen LogP contribution < -0.4 is 0 Å². The smallest absolute Gasteiger partial charge is 0.107 e. The third-order valence-corrected chi connectivity index (χ3v) is 5.11. The van der Waals surface area contributed by atoms with Crippen LogP contribution in [0.5, 0.6) is 0 Å². The minimum absolute atomic E-state index is 0.359.